The van der Waals surface area contributed by atoms with Gasteiger partial charge in [-0.05, 0) is 49.0 Å². The van der Waals surface area contributed by atoms with Crippen molar-refractivity contribution in [3.05, 3.63) is 45.9 Å². The number of hydrogen-bond donors (Lipinski definition) is 1. The molecule has 0 spiro atoms. The summed E-state index contributed by atoms with van der Waals surface area (Å²) in [5.41, 5.74) is 0.721. The number of nitrogens with zero attached hydrogens (tertiary/aromatic N) is 3. The average molecular weight is 379 g/mol. The number of nitrogens with one attached hydrogen (secondary N) is 1. The normalized spacial score (nSPS) is 11.2. The Morgan fingerprint density at radius 3 is 3.00 bits per heavy atom. The topological polar surface area (TPSA) is 77.6 Å². The SMILES string of the molecule is CCOc1c(Cl)cc(/C=N\n2c(-c3ccco3)n[nH]c2=S)cc1OC. The summed E-state index contributed by atoms with van der Waals surface area (Å²) in [7, 11) is 1.55. The molecule has 25 heavy (non-hydrogen) atoms. The standard InChI is InChI=1S/C16H15ClN4O3S/c1-3-23-14-11(17)7-10(8-13(14)22-2)9-18-21-15(19-20-16(21)25)12-5-4-6-24-12/h4-9H,3H2,1-2H3,(H,20,25)/b18-9-. The Hall–Kier alpha value is -2.58. The van der Waals surface area contributed by atoms with Crippen LogP contribution in [0, 0.1) is 4.77 Å². The molecule has 0 aliphatic carbocycles. The summed E-state index contributed by atoms with van der Waals surface area (Å²) in [6.07, 6.45) is 3.15. The van der Waals surface area contributed by atoms with Gasteiger partial charge in [-0.25, -0.2) is 5.10 Å². The van der Waals surface area contributed by atoms with Gasteiger partial charge >= 0.3 is 0 Å². The van der Waals surface area contributed by atoms with Crippen LogP contribution >= 0.6 is 23.8 Å². The highest BCUT2D eigenvalue weighted by atomic mass is 35.5. The van der Waals surface area contributed by atoms with Crippen molar-refractivity contribution in [3.8, 4) is 23.1 Å². The number of benzene rings is 1. The van der Waals surface area contributed by atoms with Gasteiger partial charge < -0.3 is 13.9 Å². The Kier molecular flexibility index (Phi) is 5.20. The van der Waals surface area contributed by atoms with E-state index >= 15 is 0 Å². The summed E-state index contributed by atoms with van der Waals surface area (Å²) in [4.78, 5) is 0. The molecule has 0 amide bonds. The van der Waals surface area contributed by atoms with E-state index in [4.69, 9.17) is 37.7 Å². The van der Waals surface area contributed by atoms with Crippen LogP contribution in [0.4, 0.5) is 0 Å². The lowest BCUT2D eigenvalue weighted by molar-refractivity contribution is 0.311. The predicted molar refractivity (Wildman–Crippen MR) is 97.3 cm³/mol. The molecule has 0 saturated heterocycles. The number of rotatable bonds is 6. The molecule has 0 fully saturated rings. The third-order valence-corrected chi connectivity index (χ3v) is 3.80. The summed E-state index contributed by atoms with van der Waals surface area (Å²) in [6.45, 7) is 2.36. The lowest BCUT2D eigenvalue weighted by atomic mass is 10.2. The van der Waals surface area contributed by atoms with Crippen molar-refractivity contribution < 1.29 is 13.9 Å². The van der Waals surface area contributed by atoms with Crippen LogP contribution in [0.1, 0.15) is 12.5 Å². The van der Waals surface area contributed by atoms with Crippen molar-refractivity contribution in [2.24, 2.45) is 5.10 Å². The molecule has 3 aromatic rings. The molecule has 3 rings (SSSR count). The molecule has 0 unspecified atom stereocenters. The van der Waals surface area contributed by atoms with Crippen LogP contribution < -0.4 is 9.47 Å². The highest BCUT2D eigenvalue weighted by Gasteiger charge is 2.12. The van der Waals surface area contributed by atoms with Crippen molar-refractivity contribution in [2.45, 2.75) is 6.92 Å². The second kappa shape index (κ2) is 7.54. The molecule has 1 N–H and O–H groups in total. The summed E-state index contributed by atoms with van der Waals surface area (Å²) < 4.78 is 18.0. The van der Waals surface area contributed by atoms with Crippen LogP contribution in [-0.4, -0.2) is 34.8 Å². The summed E-state index contributed by atoms with van der Waals surface area (Å²) in [5.74, 6) is 2.04. The largest absolute Gasteiger partial charge is 0.493 e. The van der Waals surface area contributed by atoms with Gasteiger partial charge in [0.2, 0.25) is 10.6 Å². The van der Waals surface area contributed by atoms with Crippen molar-refractivity contribution >= 4 is 30.0 Å². The van der Waals surface area contributed by atoms with Crippen molar-refractivity contribution in [1.29, 1.82) is 0 Å². The Labute approximate surface area is 153 Å². The summed E-state index contributed by atoms with van der Waals surface area (Å²) >= 11 is 11.5. The first kappa shape index (κ1) is 17.2. The quantitative estimate of drug-likeness (QED) is 0.515. The van der Waals surface area contributed by atoms with E-state index in [0.717, 1.165) is 5.56 Å². The van der Waals surface area contributed by atoms with Gasteiger partial charge in [0.05, 0.1) is 31.2 Å². The number of aromatic amines is 1. The second-order valence-corrected chi connectivity index (χ2v) is 5.65. The Bertz CT molecular complexity index is 947. The number of ether oxygens (including phenoxy) is 2. The first-order valence-electron chi connectivity index (χ1n) is 7.40. The first-order chi connectivity index (χ1) is 12.1. The molecular formula is C16H15ClN4O3S. The molecule has 2 heterocycles. The molecule has 2 aromatic heterocycles. The third-order valence-electron chi connectivity index (χ3n) is 3.25. The number of aromatic nitrogens is 3. The van der Waals surface area contributed by atoms with Gasteiger partial charge in [0.1, 0.15) is 0 Å². The predicted octanol–water partition coefficient (Wildman–Crippen LogP) is 4.14. The van der Waals surface area contributed by atoms with E-state index in [9.17, 15) is 0 Å². The Morgan fingerprint density at radius 1 is 1.48 bits per heavy atom. The third kappa shape index (κ3) is 3.59. The number of halogens is 1. The molecule has 0 saturated carbocycles. The molecular weight excluding hydrogens is 364 g/mol. The molecule has 130 valence electrons. The van der Waals surface area contributed by atoms with Gasteiger partial charge in [-0.15, -0.1) is 5.10 Å². The van der Waals surface area contributed by atoms with Gasteiger partial charge in [0.15, 0.2) is 17.3 Å². The van der Waals surface area contributed by atoms with E-state index in [1.54, 1.807) is 43.9 Å². The maximum Gasteiger partial charge on any atom is 0.219 e. The fourth-order valence-corrected chi connectivity index (χ4v) is 2.64. The van der Waals surface area contributed by atoms with E-state index in [1.165, 1.54) is 4.68 Å². The fourth-order valence-electron chi connectivity index (χ4n) is 2.19. The molecule has 0 atom stereocenters. The van der Waals surface area contributed by atoms with E-state index < -0.39 is 0 Å². The molecule has 0 bridgehead atoms. The number of furan rings is 1. The van der Waals surface area contributed by atoms with Gasteiger partial charge in [-0.3, -0.25) is 0 Å². The van der Waals surface area contributed by atoms with E-state index in [-0.39, 0.29) is 0 Å². The number of hydrogen-bond acceptors (Lipinski definition) is 6. The highest BCUT2D eigenvalue weighted by Crippen LogP contribution is 2.36. The molecule has 0 aliphatic heterocycles. The number of methoxy groups -OCH3 is 1. The Morgan fingerprint density at radius 2 is 2.32 bits per heavy atom. The second-order valence-electron chi connectivity index (χ2n) is 4.85. The zero-order chi connectivity index (χ0) is 17.8. The number of H-pyrrole nitrogens is 1. The lowest BCUT2D eigenvalue weighted by Gasteiger charge is -2.11. The molecule has 7 nitrogen and oxygen atoms in total. The van der Waals surface area contributed by atoms with Gasteiger partial charge in [0, 0.05) is 0 Å². The molecule has 0 radical (unpaired) electrons. The van der Waals surface area contributed by atoms with Crippen molar-refractivity contribution in [1.82, 2.24) is 14.9 Å². The van der Waals surface area contributed by atoms with Crippen LogP contribution in [-0.2, 0) is 0 Å². The minimum absolute atomic E-state index is 0.339. The maximum absolute atomic E-state index is 6.27. The lowest BCUT2D eigenvalue weighted by Crippen LogP contribution is -1.98. The smallest absolute Gasteiger partial charge is 0.219 e. The van der Waals surface area contributed by atoms with Crippen molar-refractivity contribution in [3.63, 3.8) is 0 Å². The minimum atomic E-state index is 0.339. The van der Waals surface area contributed by atoms with Crippen LogP contribution in [0.5, 0.6) is 11.5 Å². The monoisotopic (exact) mass is 378 g/mol. The first-order valence-corrected chi connectivity index (χ1v) is 8.18. The van der Waals surface area contributed by atoms with E-state index in [0.29, 0.717) is 39.5 Å². The van der Waals surface area contributed by atoms with Crippen LogP contribution in [0.3, 0.4) is 0 Å². The summed E-state index contributed by atoms with van der Waals surface area (Å²) in [5, 5.41) is 11.6. The molecule has 9 heteroatoms. The zero-order valence-electron chi connectivity index (χ0n) is 13.5. The van der Waals surface area contributed by atoms with E-state index in [2.05, 4.69) is 15.3 Å². The maximum atomic E-state index is 6.27. The minimum Gasteiger partial charge on any atom is -0.493 e. The molecule has 0 aliphatic rings. The fraction of sp³-hybridized carbons (Fsp3) is 0.188. The van der Waals surface area contributed by atoms with Gasteiger partial charge in [0.25, 0.3) is 0 Å². The average Bonchev–Trinajstić information content (AvgIpc) is 3.24. The van der Waals surface area contributed by atoms with Crippen LogP contribution in [0.25, 0.3) is 11.6 Å². The van der Waals surface area contributed by atoms with Crippen LogP contribution in [0.2, 0.25) is 5.02 Å². The van der Waals surface area contributed by atoms with Gasteiger partial charge in [-0.1, -0.05) is 11.6 Å². The molecule has 1 aromatic carbocycles. The summed E-state index contributed by atoms with van der Waals surface area (Å²) in [6, 6.07) is 7.04. The Balaban J connectivity index is 1.97. The van der Waals surface area contributed by atoms with Gasteiger partial charge in [-0.2, -0.15) is 9.78 Å². The van der Waals surface area contributed by atoms with Crippen molar-refractivity contribution in [2.75, 3.05) is 13.7 Å². The van der Waals surface area contributed by atoms with Crippen LogP contribution in [0.15, 0.2) is 40.0 Å². The zero-order valence-corrected chi connectivity index (χ0v) is 15.1. The van der Waals surface area contributed by atoms with E-state index in [1.807, 2.05) is 6.92 Å². The highest BCUT2D eigenvalue weighted by molar-refractivity contribution is 7.71.